The van der Waals surface area contributed by atoms with Crippen LogP contribution in [0.4, 0.5) is 16.3 Å². The van der Waals surface area contributed by atoms with Crippen molar-refractivity contribution < 1.29 is 4.79 Å². The standard InChI is InChI=1S/C23H29N7O/c1-16(2)22-25-17(3)14-21(27-22)28-10-12-29(13-11-28)23(31)26-19-6-5-7-20(15-19)30-18(4)8-9-24-30/h5-9,14-16H,10-13H2,1-4H3,(H,26,31). The van der Waals surface area contributed by atoms with E-state index in [9.17, 15) is 4.79 Å². The molecule has 1 aliphatic heterocycles. The van der Waals surface area contributed by atoms with E-state index < -0.39 is 0 Å². The molecule has 8 nitrogen and oxygen atoms in total. The SMILES string of the molecule is Cc1cc(N2CCN(C(=O)Nc3cccc(-n4nccc4C)c3)CC2)nc(C(C)C)n1. The Bertz CT molecular complexity index is 1070. The van der Waals surface area contributed by atoms with Crippen LogP contribution in [0.2, 0.25) is 0 Å². The zero-order valence-corrected chi connectivity index (χ0v) is 18.5. The van der Waals surface area contributed by atoms with Gasteiger partial charge in [0.15, 0.2) is 0 Å². The van der Waals surface area contributed by atoms with E-state index in [1.807, 2.05) is 59.8 Å². The lowest BCUT2D eigenvalue weighted by molar-refractivity contribution is 0.208. The first-order chi connectivity index (χ1) is 14.9. The second-order valence-electron chi connectivity index (χ2n) is 8.22. The van der Waals surface area contributed by atoms with Gasteiger partial charge in [0, 0.05) is 61.4 Å². The zero-order valence-electron chi connectivity index (χ0n) is 18.5. The molecule has 1 aliphatic rings. The first kappa shape index (κ1) is 20.8. The third-order valence-electron chi connectivity index (χ3n) is 5.44. The van der Waals surface area contributed by atoms with Crippen molar-refractivity contribution in [1.29, 1.82) is 0 Å². The van der Waals surface area contributed by atoms with Gasteiger partial charge in [-0.1, -0.05) is 19.9 Å². The molecule has 0 saturated carbocycles. The number of amides is 2. The summed E-state index contributed by atoms with van der Waals surface area (Å²) in [6.45, 7) is 11.0. The first-order valence-corrected chi connectivity index (χ1v) is 10.7. The summed E-state index contributed by atoms with van der Waals surface area (Å²) >= 11 is 0. The average molecular weight is 420 g/mol. The maximum absolute atomic E-state index is 12.8. The third kappa shape index (κ3) is 4.68. The van der Waals surface area contributed by atoms with Crippen molar-refractivity contribution in [2.45, 2.75) is 33.6 Å². The van der Waals surface area contributed by atoms with Crippen LogP contribution < -0.4 is 10.2 Å². The van der Waals surface area contributed by atoms with E-state index in [4.69, 9.17) is 4.98 Å². The first-order valence-electron chi connectivity index (χ1n) is 10.7. The van der Waals surface area contributed by atoms with Gasteiger partial charge in [0.1, 0.15) is 11.6 Å². The minimum absolute atomic E-state index is 0.0873. The minimum atomic E-state index is -0.0873. The van der Waals surface area contributed by atoms with Crippen molar-refractivity contribution in [3.8, 4) is 5.69 Å². The largest absolute Gasteiger partial charge is 0.353 e. The lowest BCUT2D eigenvalue weighted by atomic mass is 10.2. The van der Waals surface area contributed by atoms with Crippen molar-refractivity contribution in [1.82, 2.24) is 24.6 Å². The summed E-state index contributed by atoms with van der Waals surface area (Å²) in [7, 11) is 0. The number of urea groups is 1. The fourth-order valence-electron chi connectivity index (χ4n) is 3.69. The Morgan fingerprint density at radius 1 is 1.03 bits per heavy atom. The molecule has 4 rings (SSSR count). The molecule has 0 unspecified atom stereocenters. The van der Waals surface area contributed by atoms with Crippen LogP contribution in [-0.2, 0) is 0 Å². The summed E-state index contributed by atoms with van der Waals surface area (Å²) < 4.78 is 1.85. The molecule has 0 spiro atoms. The zero-order chi connectivity index (χ0) is 22.0. The number of nitrogens with one attached hydrogen (secondary N) is 1. The molecule has 0 radical (unpaired) electrons. The molecule has 1 saturated heterocycles. The number of anilines is 2. The van der Waals surface area contributed by atoms with Gasteiger partial charge in [-0.2, -0.15) is 5.10 Å². The van der Waals surface area contributed by atoms with Gasteiger partial charge >= 0.3 is 6.03 Å². The Kier molecular flexibility index (Phi) is 5.88. The highest BCUT2D eigenvalue weighted by Gasteiger charge is 2.23. The number of hydrogen-bond donors (Lipinski definition) is 1. The molecule has 0 atom stereocenters. The van der Waals surface area contributed by atoms with Gasteiger partial charge in [0.25, 0.3) is 0 Å². The molecular weight excluding hydrogens is 390 g/mol. The summed E-state index contributed by atoms with van der Waals surface area (Å²) in [5, 5.41) is 7.36. The molecular formula is C23H29N7O. The van der Waals surface area contributed by atoms with E-state index in [1.165, 1.54) is 0 Å². The van der Waals surface area contributed by atoms with Crippen LogP contribution in [-0.4, -0.2) is 56.9 Å². The van der Waals surface area contributed by atoms with Crippen molar-refractivity contribution in [3.63, 3.8) is 0 Å². The summed E-state index contributed by atoms with van der Waals surface area (Å²) in [6, 6.07) is 11.6. The number of nitrogens with zero attached hydrogens (tertiary/aromatic N) is 6. The van der Waals surface area contributed by atoms with E-state index in [0.29, 0.717) is 13.1 Å². The van der Waals surface area contributed by atoms with Crippen LogP contribution in [0.15, 0.2) is 42.6 Å². The molecule has 162 valence electrons. The summed E-state index contributed by atoms with van der Waals surface area (Å²) in [5.74, 6) is 2.09. The number of carbonyl (C=O) groups is 1. The van der Waals surface area contributed by atoms with Crippen molar-refractivity contribution in [2.24, 2.45) is 0 Å². The number of aryl methyl sites for hydroxylation is 2. The summed E-state index contributed by atoms with van der Waals surface area (Å²) in [6.07, 6.45) is 1.77. The maximum Gasteiger partial charge on any atom is 0.321 e. The van der Waals surface area contributed by atoms with Crippen molar-refractivity contribution >= 4 is 17.5 Å². The van der Waals surface area contributed by atoms with Gasteiger partial charge < -0.3 is 15.1 Å². The average Bonchev–Trinajstić information content (AvgIpc) is 3.19. The van der Waals surface area contributed by atoms with Crippen LogP contribution in [0.1, 0.15) is 37.0 Å². The Morgan fingerprint density at radius 3 is 2.48 bits per heavy atom. The van der Waals surface area contributed by atoms with E-state index >= 15 is 0 Å². The molecule has 1 fully saturated rings. The molecule has 1 N–H and O–H groups in total. The lowest BCUT2D eigenvalue weighted by Gasteiger charge is -2.35. The highest BCUT2D eigenvalue weighted by Crippen LogP contribution is 2.20. The van der Waals surface area contributed by atoms with Gasteiger partial charge in [-0.15, -0.1) is 0 Å². The summed E-state index contributed by atoms with van der Waals surface area (Å²) in [4.78, 5) is 26.1. The number of benzene rings is 1. The molecule has 31 heavy (non-hydrogen) atoms. The van der Waals surface area contributed by atoms with Crippen LogP contribution >= 0.6 is 0 Å². The molecule has 2 amide bonds. The van der Waals surface area contributed by atoms with E-state index in [2.05, 4.69) is 34.1 Å². The van der Waals surface area contributed by atoms with Crippen molar-refractivity contribution in [2.75, 3.05) is 36.4 Å². The van der Waals surface area contributed by atoms with Gasteiger partial charge in [-0.05, 0) is 38.1 Å². The van der Waals surface area contributed by atoms with Gasteiger partial charge in [0.05, 0.1) is 5.69 Å². The summed E-state index contributed by atoms with van der Waals surface area (Å²) in [5.41, 5.74) is 3.69. The maximum atomic E-state index is 12.8. The normalized spacial score (nSPS) is 14.2. The molecule has 3 aromatic rings. The topological polar surface area (TPSA) is 79.2 Å². The van der Waals surface area contributed by atoms with Crippen LogP contribution in [0.3, 0.4) is 0 Å². The fraction of sp³-hybridized carbons (Fsp3) is 0.391. The van der Waals surface area contributed by atoms with Gasteiger partial charge in [-0.3, -0.25) is 0 Å². The Morgan fingerprint density at radius 2 is 1.81 bits per heavy atom. The Labute approximate surface area is 182 Å². The van der Waals surface area contributed by atoms with Crippen molar-refractivity contribution in [3.05, 3.63) is 59.8 Å². The number of carbonyl (C=O) groups excluding carboxylic acids is 1. The third-order valence-corrected chi connectivity index (χ3v) is 5.44. The molecule has 3 heterocycles. The Hall–Kier alpha value is -3.42. The number of piperazine rings is 1. The molecule has 2 aromatic heterocycles. The molecule has 0 aliphatic carbocycles. The quantitative estimate of drug-likeness (QED) is 0.697. The predicted molar refractivity (Wildman–Crippen MR) is 122 cm³/mol. The number of rotatable bonds is 4. The second kappa shape index (κ2) is 8.75. The minimum Gasteiger partial charge on any atom is -0.353 e. The number of hydrogen-bond acceptors (Lipinski definition) is 5. The van der Waals surface area contributed by atoms with E-state index in [-0.39, 0.29) is 11.9 Å². The lowest BCUT2D eigenvalue weighted by Crippen LogP contribution is -2.50. The molecule has 0 bridgehead atoms. The van der Waals surface area contributed by atoms with Gasteiger partial charge in [0.2, 0.25) is 0 Å². The van der Waals surface area contributed by atoms with E-state index in [0.717, 1.165) is 47.5 Å². The number of aromatic nitrogens is 4. The van der Waals surface area contributed by atoms with E-state index in [1.54, 1.807) is 6.20 Å². The second-order valence-corrected chi connectivity index (χ2v) is 8.22. The van der Waals surface area contributed by atoms with Crippen LogP contribution in [0.5, 0.6) is 0 Å². The highest BCUT2D eigenvalue weighted by atomic mass is 16.2. The molecule has 8 heteroatoms. The highest BCUT2D eigenvalue weighted by molar-refractivity contribution is 5.89. The fourth-order valence-corrected chi connectivity index (χ4v) is 3.69. The Balaban J connectivity index is 1.39. The predicted octanol–water partition coefficient (Wildman–Crippen LogP) is 3.76. The van der Waals surface area contributed by atoms with Crippen LogP contribution in [0.25, 0.3) is 5.69 Å². The van der Waals surface area contributed by atoms with Crippen LogP contribution in [0, 0.1) is 13.8 Å². The molecule has 1 aromatic carbocycles. The smallest absolute Gasteiger partial charge is 0.321 e. The van der Waals surface area contributed by atoms with Gasteiger partial charge in [-0.25, -0.2) is 19.4 Å². The monoisotopic (exact) mass is 419 g/mol.